The summed E-state index contributed by atoms with van der Waals surface area (Å²) in [5, 5.41) is 3.95. The molecule has 1 aromatic heterocycles. The van der Waals surface area contributed by atoms with E-state index in [1.807, 2.05) is 0 Å². The van der Waals surface area contributed by atoms with Crippen LogP contribution in [-0.4, -0.2) is 16.5 Å². The largest absolute Gasteiger partial charge is 0.573 e. The third kappa shape index (κ3) is 3.64. The summed E-state index contributed by atoms with van der Waals surface area (Å²) in [5.74, 6) is 0.375. The fraction of sp³-hybridized carbons (Fsp3) is 0.467. The summed E-state index contributed by atoms with van der Waals surface area (Å²) in [5.41, 5.74) is 6.26. The van der Waals surface area contributed by atoms with Gasteiger partial charge < -0.3 is 15.0 Å². The first kappa shape index (κ1) is 15.8. The van der Waals surface area contributed by atoms with E-state index in [4.69, 9.17) is 10.3 Å². The van der Waals surface area contributed by atoms with Crippen LogP contribution in [0.2, 0.25) is 0 Å². The average molecular weight is 327 g/mol. The number of rotatable bonds is 3. The molecule has 0 spiro atoms. The molecule has 1 heterocycles. The first-order chi connectivity index (χ1) is 10.9. The summed E-state index contributed by atoms with van der Waals surface area (Å²) >= 11 is 0. The standard InChI is InChI=1S/C15H16F3N3O2/c16-15(17,18)22-11-6-4-10(5-7-11)12-20-13(21-23-12)14(19)8-2-1-3-9-14/h4-7H,1-3,8-9,19H2. The minimum Gasteiger partial charge on any atom is -0.406 e. The lowest BCUT2D eigenvalue weighted by molar-refractivity contribution is -0.274. The average Bonchev–Trinajstić information content (AvgIpc) is 2.98. The Hall–Kier alpha value is -2.09. The molecule has 0 bridgehead atoms. The molecule has 2 N–H and O–H groups in total. The Kier molecular flexibility index (Phi) is 4.01. The quantitative estimate of drug-likeness (QED) is 0.929. The molecular formula is C15H16F3N3O2. The lowest BCUT2D eigenvalue weighted by atomic mass is 9.82. The molecule has 0 saturated heterocycles. The summed E-state index contributed by atoms with van der Waals surface area (Å²) in [6, 6.07) is 5.27. The van der Waals surface area contributed by atoms with Crippen LogP contribution in [0.1, 0.15) is 37.9 Å². The number of hydrogen-bond donors (Lipinski definition) is 1. The monoisotopic (exact) mass is 327 g/mol. The maximum atomic E-state index is 12.1. The minimum absolute atomic E-state index is 0.231. The first-order valence-electron chi connectivity index (χ1n) is 7.35. The summed E-state index contributed by atoms with van der Waals surface area (Å²) in [6.07, 6.45) is 0.0543. The van der Waals surface area contributed by atoms with Crippen molar-refractivity contribution in [2.75, 3.05) is 0 Å². The highest BCUT2D eigenvalue weighted by atomic mass is 19.4. The minimum atomic E-state index is -4.72. The van der Waals surface area contributed by atoms with E-state index in [1.165, 1.54) is 24.3 Å². The van der Waals surface area contributed by atoms with Crippen molar-refractivity contribution in [2.24, 2.45) is 5.73 Å². The number of nitrogens with two attached hydrogens (primary N) is 1. The highest BCUT2D eigenvalue weighted by Crippen LogP contribution is 2.34. The van der Waals surface area contributed by atoms with Gasteiger partial charge in [-0.15, -0.1) is 13.2 Å². The Balaban J connectivity index is 1.77. The van der Waals surface area contributed by atoms with E-state index >= 15 is 0 Å². The van der Waals surface area contributed by atoms with Gasteiger partial charge >= 0.3 is 6.36 Å². The SMILES string of the molecule is NC1(c2noc(-c3ccc(OC(F)(F)F)cc3)n2)CCCCC1. The molecule has 124 valence electrons. The van der Waals surface area contributed by atoms with Gasteiger partial charge in [0.1, 0.15) is 5.75 Å². The van der Waals surface area contributed by atoms with Crippen molar-refractivity contribution in [2.45, 2.75) is 44.0 Å². The van der Waals surface area contributed by atoms with Gasteiger partial charge in [0.2, 0.25) is 0 Å². The molecule has 5 nitrogen and oxygen atoms in total. The third-order valence-electron chi connectivity index (χ3n) is 3.95. The fourth-order valence-electron chi connectivity index (χ4n) is 2.75. The van der Waals surface area contributed by atoms with Crippen molar-refractivity contribution >= 4 is 0 Å². The van der Waals surface area contributed by atoms with Gasteiger partial charge in [-0.05, 0) is 37.1 Å². The van der Waals surface area contributed by atoms with E-state index in [-0.39, 0.29) is 11.6 Å². The van der Waals surface area contributed by atoms with Crippen LogP contribution in [0.5, 0.6) is 5.75 Å². The van der Waals surface area contributed by atoms with Gasteiger partial charge in [0.15, 0.2) is 5.82 Å². The first-order valence-corrected chi connectivity index (χ1v) is 7.35. The molecule has 0 aliphatic heterocycles. The fourth-order valence-corrected chi connectivity index (χ4v) is 2.75. The number of halogens is 3. The maximum Gasteiger partial charge on any atom is 0.573 e. The number of ether oxygens (including phenoxy) is 1. The van der Waals surface area contributed by atoms with Crippen molar-refractivity contribution in [1.82, 2.24) is 10.1 Å². The van der Waals surface area contributed by atoms with Gasteiger partial charge in [-0.25, -0.2) is 0 Å². The molecule has 0 radical (unpaired) electrons. The zero-order chi connectivity index (χ0) is 16.5. The van der Waals surface area contributed by atoms with E-state index in [1.54, 1.807) is 0 Å². The predicted octanol–water partition coefficient (Wildman–Crippen LogP) is 3.75. The van der Waals surface area contributed by atoms with Crippen molar-refractivity contribution in [3.63, 3.8) is 0 Å². The Bertz CT molecular complexity index is 661. The van der Waals surface area contributed by atoms with E-state index in [9.17, 15) is 13.2 Å². The van der Waals surface area contributed by atoms with E-state index in [2.05, 4.69) is 14.9 Å². The molecule has 23 heavy (non-hydrogen) atoms. The number of alkyl halides is 3. The van der Waals surface area contributed by atoms with Gasteiger partial charge in [-0.1, -0.05) is 24.4 Å². The van der Waals surface area contributed by atoms with E-state index in [0.29, 0.717) is 11.4 Å². The van der Waals surface area contributed by atoms with Gasteiger partial charge in [0.25, 0.3) is 5.89 Å². The molecule has 8 heteroatoms. The molecule has 1 aliphatic carbocycles. The number of nitrogens with zero attached hydrogens (tertiary/aromatic N) is 2. The van der Waals surface area contributed by atoms with Crippen molar-refractivity contribution in [3.05, 3.63) is 30.1 Å². The highest BCUT2D eigenvalue weighted by molar-refractivity contribution is 5.54. The van der Waals surface area contributed by atoms with Crippen molar-refractivity contribution < 1.29 is 22.4 Å². The normalized spacial score (nSPS) is 17.9. The van der Waals surface area contributed by atoms with Crippen LogP contribution < -0.4 is 10.5 Å². The summed E-state index contributed by atoms with van der Waals surface area (Å²) < 4.78 is 45.4. The zero-order valence-corrected chi connectivity index (χ0v) is 12.3. The molecule has 1 aliphatic rings. The second kappa shape index (κ2) is 5.84. The van der Waals surface area contributed by atoms with Crippen molar-refractivity contribution in [1.29, 1.82) is 0 Å². The predicted molar refractivity (Wildman–Crippen MR) is 75.4 cm³/mol. The second-order valence-corrected chi connectivity index (χ2v) is 5.71. The van der Waals surface area contributed by atoms with Gasteiger partial charge in [-0.2, -0.15) is 4.98 Å². The molecule has 0 amide bonds. The second-order valence-electron chi connectivity index (χ2n) is 5.71. The van der Waals surface area contributed by atoms with Crippen LogP contribution in [0.25, 0.3) is 11.5 Å². The Morgan fingerprint density at radius 3 is 2.35 bits per heavy atom. The molecule has 1 saturated carbocycles. The number of benzene rings is 1. The van der Waals surface area contributed by atoms with Gasteiger partial charge in [-0.3, -0.25) is 0 Å². The lowest BCUT2D eigenvalue weighted by Gasteiger charge is -2.29. The molecule has 0 unspecified atom stereocenters. The van der Waals surface area contributed by atoms with Crippen molar-refractivity contribution in [3.8, 4) is 17.2 Å². The number of hydrogen-bond acceptors (Lipinski definition) is 5. The molecular weight excluding hydrogens is 311 g/mol. The van der Waals surface area contributed by atoms with E-state index < -0.39 is 11.9 Å². The highest BCUT2D eigenvalue weighted by Gasteiger charge is 2.34. The topological polar surface area (TPSA) is 74.2 Å². The number of aromatic nitrogens is 2. The van der Waals surface area contributed by atoms with Crippen LogP contribution in [0.3, 0.4) is 0 Å². The Labute approximate surface area is 130 Å². The molecule has 1 fully saturated rings. The summed E-state index contributed by atoms with van der Waals surface area (Å²) in [7, 11) is 0. The van der Waals surface area contributed by atoms with Gasteiger partial charge in [0, 0.05) is 5.56 Å². The van der Waals surface area contributed by atoms with Crippen LogP contribution in [-0.2, 0) is 5.54 Å². The maximum absolute atomic E-state index is 12.1. The van der Waals surface area contributed by atoms with Crippen LogP contribution >= 0.6 is 0 Å². The van der Waals surface area contributed by atoms with Crippen LogP contribution in [0.15, 0.2) is 28.8 Å². The molecule has 3 rings (SSSR count). The molecule has 0 atom stereocenters. The lowest BCUT2D eigenvalue weighted by Crippen LogP contribution is -2.39. The summed E-state index contributed by atoms with van der Waals surface area (Å²) in [4.78, 5) is 4.31. The Morgan fingerprint density at radius 1 is 1.09 bits per heavy atom. The molecule has 1 aromatic carbocycles. The summed E-state index contributed by atoms with van der Waals surface area (Å²) in [6.45, 7) is 0. The molecule has 2 aromatic rings. The van der Waals surface area contributed by atoms with Crippen LogP contribution in [0, 0.1) is 0 Å². The van der Waals surface area contributed by atoms with Crippen LogP contribution in [0.4, 0.5) is 13.2 Å². The Morgan fingerprint density at radius 2 is 1.74 bits per heavy atom. The third-order valence-corrected chi connectivity index (χ3v) is 3.95. The van der Waals surface area contributed by atoms with E-state index in [0.717, 1.165) is 32.1 Å². The van der Waals surface area contributed by atoms with Gasteiger partial charge in [0.05, 0.1) is 5.54 Å². The smallest absolute Gasteiger partial charge is 0.406 e. The zero-order valence-electron chi connectivity index (χ0n) is 12.3.